The van der Waals surface area contributed by atoms with Crippen molar-refractivity contribution in [3.8, 4) is 16.4 Å². The lowest BCUT2D eigenvalue weighted by atomic mass is 10.2. The maximum atomic E-state index is 4.89. The topological polar surface area (TPSA) is 30.7 Å². The van der Waals surface area contributed by atoms with E-state index in [1.54, 1.807) is 17.5 Å². The molecule has 3 heterocycles. The van der Waals surface area contributed by atoms with E-state index in [1.165, 1.54) is 10.1 Å². The van der Waals surface area contributed by atoms with Gasteiger partial charge in [0.1, 0.15) is 0 Å². The van der Waals surface area contributed by atoms with E-state index in [-0.39, 0.29) is 0 Å². The fourth-order valence-corrected chi connectivity index (χ4v) is 4.06. The highest BCUT2D eigenvalue weighted by Crippen LogP contribution is 2.35. The number of aromatic nitrogens is 3. The average Bonchev–Trinajstić information content (AvgIpc) is 3.23. The Morgan fingerprint density at radius 3 is 2.58 bits per heavy atom. The van der Waals surface area contributed by atoms with E-state index >= 15 is 0 Å². The Labute approximate surface area is 142 Å². The van der Waals surface area contributed by atoms with Gasteiger partial charge in [0.2, 0.25) is 0 Å². The van der Waals surface area contributed by atoms with Crippen LogP contribution in [-0.4, -0.2) is 14.5 Å². The second kappa shape index (κ2) is 5.28. The van der Waals surface area contributed by atoms with Crippen LogP contribution in [0.15, 0.2) is 79.1 Å². The summed E-state index contributed by atoms with van der Waals surface area (Å²) in [6, 6.07) is 23.0. The highest BCUT2D eigenvalue weighted by atomic mass is 32.1. The summed E-state index contributed by atoms with van der Waals surface area (Å²) < 4.78 is 3.46. The van der Waals surface area contributed by atoms with Gasteiger partial charge in [0.25, 0.3) is 0 Å². The minimum absolute atomic E-state index is 0.960. The van der Waals surface area contributed by atoms with Crippen LogP contribution >= 0.6 is 11.3 Å². The van der Waals surface area contributed by atoms with Crippen LogP contribution in [0.5, 0.6) is 0 Å². The number of imidazole rings is 1. The molecule has 5 aromatic rings. The zero-order chi connectivity index (χ0) is 15.9. The van der Waals surface area contributed by atoms with Crippen molar-refractivity contribution in [3.05, 3.63) is 79.1 Å². The summed E-state index contributed by atoms with van der Waals surface area (Å²) in [5.74, 6) is 0.963. The number of nitrogens with zero attached hydrogens (tertiary/aromatic N) is 3. The second-order valence-electron chi connectivity index (χ2n) is 5.62. The van der Waals surface area contributed by atoms with Gasteiger partial charge in [-0.15, -0.1) is 11.3 Å². The van der Waals surface area contributed by atoms with Gasteiger partial charge < -0.3 is 0 Å². The van der Waals surface area contributed by atoms with Crippen LogP contribution in [0.25, 0.3) is 37.5 Å². The summed E-state index contributed by atoms with van der Waals surface area (Å²) >= 11 is 1.77. The van der Waals surface area contributed by atoms with Crippen LogP contribution in [0.4, 0.5) is 0 Å². The van der Waals surface area contributed by atoms with Gasteiger partial charge >= 0.3 is 0 Å². The maximum Gasteiger partial charge on any atom is 0.155 e. The van der Waals surface area contributed by atoms with E-state index in [4.69, 9.17) is 4.98 Å². The summed E-state index contributed by atoms with van der Waals surface area (Å²) in [6.45, 7) is 0. The van der Waals surface area contributed by atoms with Gasteiger partial charge in [-0.3, -0.25) is 9.55 Å². The second-order valence-corrected chi connectivity index (χ2v) is 6.70. The number of hydrogen-bond donors (Lipinski definition) is 0. The first-order chi connectivity index (χ1) is 11.9. The Bertz CT molecular complexity index is 1120. The van der Waals surface area contributed by atoms with Crippen molar-refractivity contribution in [1.29, 1.82) is 0 Å². The molecule has 3 nitrogen and oxygen atoms in total. The van der Waals surface area contributed by atoms with Crippen molar-refractivity contribution < 1.29 is 0 Å². The third-order valence-corrected chi connectivity index (χ3v) is 5.23. The molecule has 2 aromatic carbocycles. The molecule has 0 unspecified atom stereocenters. The lowest BCUT2D eigenvalue weighted by Gasteiger charge is -2.07. The van der Waals surface area contributed by atoms with Crippen LogP contribution in [-0.2, 0) is 0 Å². The predicted octanol–water partition coefficient (Wildman–Crippen LogP) is 5.30. The number of fused-ring (bicyclic) bond motifs is 2. The van der Waals surface area contributed by atoms with Crippen molar-refractivity contribution in [3.63, 3.8) is 0 Å². The Morgan fingerprint density at radius 2 is 1.71 bits per heavy atom. The fourth-order valence-electron chi connectivity index (χ4n) is 3.02. The van der Waals surface area contributed by atoms with Crippen LogP contribution < -0.4 is 0 Å². The van der Waals surface area contributed by atoms with E-state index in [0.29, 0.717) is 0 Å². The van der Waals surface area contributed by atoms with Gasteiger partial charge in [0.05, 0.1) is 22.1 Å². The molecule has 3 aromatic heterocycles. The molecule has 24 heavy (non-hydrogen) atoms. The van der Waals surface area contributed by atoms with Crippen molar-refractivity contribution in [2.45, 2.75) is 0 Å². The number of rotatable bonds is 2. The SMILES string of the molecule is c1ccc(-n2c(-c3cc4ccccc4s3)nc3ccncc32)cc1. The largest absolute Gasteiger partial charge is 0.290 e. The van der Waals surface area contributed by atoms with Gasteiger partial charge in [-0.05, 0) is 35.7 Å². The maximum absolute atomic E-state index is 4.89. The molecule has 5 rings (SSSR count). The molecule has 0 amide bonds. The molecule has 0 aliphatic heterocycles. The standard InChI is InChI=1S/C20H13N3S/c1-2-7-15(8-3-1)23-17-13-21-11-10-16(17)22-20(23)19-12-14-6-4-5-9-18(14)24-19/h1-13H. The van der Waals surface area contributed by atoms with Crippen molar-refractivity contribution >= 4 is 32.5 Å². The molecule has 0 saturated carbocycles. The zero-order valence-corrected chi connectivity index (χ0v) is 13.6. The Morgan fingerprint density at radius 1 is 0.875 bits per heavy atom. The number of thiophene rings is 1. The summed E-state index contributed by atoms with van der Waals surface area (Å²) in [5.41, 5.74) is 3.08. The van der Waals surface area contributed by atoms with Crippen molar-refractivity contribution in [2.75, 3.05) is 0 Å². The molecule has 0 radical (unpaired) electrons. The molecule has 0 spiro atoms. The number of pyridine rings is 1. The first-order valence-corrected chi connectivity index (χ1v) is 8.59. The number of para-hydroxylation sites is 1. The molecule has 4 heteroatoms. The van der Waals surface area contributed by atoms with E-state index in [1.807, 2.05) is 30.5 Å². The first-order valence-electron chi connectivity index (χ1n) is 7.77. The molecule has 114 valence electrons. The van der Waals surface area contributed by atoms with E-state index in [0.717, 1.165) is 27.4 Å². The lowest BCUT2D eigenvalue weighted by molar-refractivity contribution is 1.10. The van der Waals surface area contributed by atoms with Gasteiger partial charge in [-0.2, -0.15) is 0 Å². The summed E-state index contributed by atoms with van der Waals surface area (Å²) in [4.78, 5) is 10.3. The third kappa shape index (κ3) is 2.04. The van der Waals surface area contributed by atoms with Gasteiger partial charge in [-0.25, -0.2) is 4.98 Å². The monoisotopic (exact) mass is 327 g/mol. The molecular weight excluding hydrogens is 314 g/mol. The van der Waals surface area contributed by atoms with Gasteiger partial charge in [0.15, 0.2) is 5.82 Å². The smallest absolute Gasteiger partial charge is 0.155 e. The van der Waals surface area contributed by atoms with E-state index in [2.05, 4.69) is 52.0 Å². The molecule has 0 bridgehead atoms. The zero-order valence-electron chi connectivity index (χ0n) is 12.8. The molecule has 0 aliphatic carbocycles. The van der Waals surface area contributed by atoms with Crippen LogP contribution in [0.1, 0.15) is 0 Å². The fraction of sp³-hybridized carbons (Fsp3) is 0. The summed E-state index contributed by atoms with van der Waals surface area (Å²) in [7, 11) is 0. The lowest BCUT2D eigenvalue weighted by Crippen LogP contribution is -1.96. The normalized spacial score (nSPS) is 11.3. The van der Waals surface area contributed by atoms with Gasteiger partial charge in [0, 0.05) is 16.6 Å². The minimum Gasteiger partial charge on any atom is -0.290 e. The minimum atomic E-state index is 0.960. The van der Waals surface area contributed by atoms with Crippen LogP contribution in [0, 0.1) is 0 Å². The third-order valence-electron chi connectivity index (χ3n) is 4.12. The summed E-state index contributed by atoms with van der Waals surface area (Å²) in [6.07, 6.45) is 3.67. The highest BCUT2D eigenvalue weighted by Gasteiger charge is 2.16. The van der Waals surface area contributed by atoms with E-state index < -0.39 is 0 Å². The average molecular weight is 327 g/mol. The van der Waals surface area contributed by atoms with Crippen molar-refractivity contribution in [1.82, 2.24) is 14.5 Å². The highest BCUT2D eigenvalue weighted by molar-refractivity contribution is 7.22. The molecule has 0 fully saturated rings. The number of benzene rings is 2. The molecule has 0 saturated heterocycles. The van der Waals surface area contributed by atoms with E-state index in [9.17, 15) is 0 Å². The Balaban J connectivity index is 1.85. The van der Waals surface area contributed by atoms with Crippen molar-refractivity contribution in [2.24, 2.45) is 0 Å². The Hall–Kier alpha value is -2.98. The van der Waals surface area contributed by atoms with Crippen LogP contribution in [0.3, 0.4) is 0 Å². The summed E-state index contributed by atoms with van der Waals surface area (Å²) in [5, 5.41) is 1.25. The van der Waals surface area contributed by atoms with Crippen LogP contribution in [0.2, 0.25) is 0 Å². The number of hydrogen-bond acceptors (Lipinski definition) is 3. The Kier molecular flexibility index (Phi) is 2.96. The molecular formula is C20H13N3S. The first kappa shape index (κ1) is 13.5. The molecule has 0 N–H and O–H groups in total. The van der Waals surface area contributed by atoms with Gasteiger partial charge in [-0.1, -0.05) is 36.4 Å². The molecule has 0 atom stereocenters. The molecule has 0 aliphatic rings. The quantitative estimate of drug-likeness (QED) is 0.440. The predicted molar refractivity (Wildman–Crippen MR) is 99.7 cm³/mol.